The van der Waals surface area contributed by atoms with E-state index in [1.807, 2.05) is 0 Å². The van der Waals surface area contributed by atoms with Crippen LogP contribution in [0.25, 0.3) is 0 Å². The van der Waals surface area contributed by atoms with Crippen LogP contribution in [0, 0.1) is 0 Å². The van der Waals surface area contributed by atoms with Crippen LogP contribution in [0.5, 0.6) is 0 Å². The summed E-state index contributed by atoms with van der Waals surface area (Å²) in [6.45, 7) is 8.00. The monoisotopic (exact) mass is 246 g/mol. The lowest BCUT2D eigenvalue weighted by Crippen LogP contribution is -2.39. The summed E-state index contributed by atoms with van der Waals surface area (Å²) in [5.41, 5.74) is 2.82. The minimum Gasteiger partial charge on any atom is -0.371 e. The minimum atomic E-state index is 0.697. The quantitative estimate of drug-likeness (QED) is 0.881. The number of nitrogens with one attached hydrogen (secondary N) is 1. The van der Waals surface area contributed by atoms with Crippen LogP contribution in [0.2, 0.25) is 0 Å². The van der Waals surface area contributed by atoms with Gasteiger partial charge in [-0.15, -0.1) is 0 Å². The maximum atomic E-state index is 3.63. The van der Waals surface area contributed by atoms with Crippen molar-refractivity contribution in [3.63, 3.8) is 0 Å². The first-order valence-corrected chi connectivity index (χ1v) is 7.40. The van der Waals surface area contributed by atoms with Gasteiger partial charge in [-0.3, -0.25) is 0 Å². The Morgan fingerprint density at radius 3 is 2.61 bits per heavy atom. The number of anilines is 1. The van der Waals surface area contributed by atoms with Crippen molar-refractivity contribution in [2.24, 2.45) is 0 Å². The predicted molar refractivity (Wildman–Crippen MR) is 79.3 cm³/mol. The molecule has 1 aromatic carbocycles. The zero-order valence-electron chi connectivity index (χ0n) is 11.8. The topological polar surface area (TPSA) is 15.3 Å². The molecule has 1 atom stereocenters. The Labute approximate surface area is 111 Å². The molecular weight excluding hydrogens is 220 g/mol. The second kappa shape index (κ2) is 6.79. The second-order valence-corrected chi connectivity index (χ2v) is 5.21. The van der Waals surface area contributed by atoms with Crippen LogP contribution in [0.15, 0.2) is 24.3 Å². The fraction of sp³-hybridized carbons (Fsp3) is 0.625. The molecule has 1 aliphatic heterocycles. The van der Waals surface area contributed by atoms with Gasteiger partial charge in [0.15, 0.2) is 0 Å². The van der Waals surface area contributed by atoms with E-state index >= 15 is 0 Å². The molecule has 2 heteroatoms. The van der Waals surface area contributed by atoms with Crippen LogP contribution in [0.3, 0.4) is 0 Å². The van der Waals surface area contributed by atoms with E-state index in [0.717, 1.165) is 13.0 Å². The molecule has 2 nitrogen and oxygen atoms in total. The van der Waals surface area contributed by atoms with Crippen molar-refractivity contribution in [3.05, 3.63) is 29.8 Å². The molecule has 0 radical (unpaired) electrons. The Hall–Kier alpha value is -1.02. The number of nitrogens with zero attached hydrogens (tertiary/aromatic N) is 1. The van der Waals surface area contributed by atoms with Gasteiger partial charge < -0.3 is 10.2 Å². The summed E-state index contributed by atoms with van der Waals surface area (Å²) < 4.78 is 0. The molecule has 0 saturated carbocycles. The van der Waals surface area contributed by atoms with Crippen molar-refractivity contribution >= 4 is 5.69 Å². The fourth-order valence-electron chi connectivity index (χ4n) is 2.65. The van der Waals surface area contributed by atoms with Gasteiger partial charge in [0.1, 0.15) is 0 Å². The van der Waals surface area contributed by atoms with E-state index in [1.54, 1.807) is 0 Å². The van der Waals surface area contributed by atoms with Crippen LogP contribution in [-0.2, 0) is 6.42 Å². The third kappa shape index (κ3) is 3.49. The summed E-state index contributed by atoms with van der Waals surface area (Å²) in [7, 11) is 0. The van der Waals surface area contributed by atoms with Gasteiger partial charge >= 0.3 is 0 Å². The first-order chi connectivity index (χ1) is 8.83. The Morgan fingerprint density at radius 2 is 1.94 bits per heavy atom. The number of benzene rings is 1. The molecule has 0 aliphatic carbocycles. The molecule has 0 aromatic heterocycles. The zero-order chi connectivity index (χ0) is 12.8. The van der Waals surface area contributed by atoms with E-state index in [9.17, 15) is 0 Å². The summed E-state index contributed by atoms with van der Waals surface area (Å²) in [4.78, 5) is 2.54. The number of hydrogen-bond acceptors (Lipinski definition) is 2. The van der Waals surface area contributed by atoms with Gasteiger partial charge in [0, 0.05) is 24.8 Å². The van der Waals surface area contributed by atoms with Crippen LogP contribution in [0.1, 0.15) is 38.7 Å². The Kier molecular flexibility index (Phi) is 5.06. The number of hydrogen-bond donors (Lipinski definition) is 1. The molecule has 1 saturated heterocycles. The van der Waals surface area contributed by atoms with Crippen molar-refractivity contribution in [1.29, 1.82) is 0 Å². The van der Waals surface area contributed by atoms with Crippen molar-refractivity contribution in [1.82, 2.24) is 5.32 Å². The van der Waals surface area contributed by atoms with Crippen molar-refractivity contribution in [3.8, 4) is 0 Å². The molecule has 2 rings (SSSR count). The fourth-order valence-corrected chi connectivity index (χ4v) is 2.65. The number of aryl methyl sites for hydroxylation is 1. The average Bonchev–Trinajstić information content (AvgIpc) is 2.39. The lowest BCUT2D eigenvalue weighted by molar-refractivity contribution is 0.439. The van der Waals surface area contributed by atoms with Crippen LogP contribution >= 0.6 is 0 Å². The predicted octanol–water partition coefficient (Wildman–Crippen LogP) is 3.22. The normalized spacial score (nSPS) is 21.4. The summed E-state index contributed by atoms with van der Waals surface area (Å²) >= 11 is 0. The molecule has 1 unspecified atom stereocenters. The lowest BCUT2D eigenvalue weighted by atomic mass is 10.1. The Balaban J connectivity index is 2.01. The smallest absolute Gasteiger partial charge is 0.0366 e. The summed E-state index contributed by atoms with van der Waals surface area (Å²) in [6.07, 6.45) is 4.86. The minimum absolute atomic E-state index is 0.697. The van der Waals surface area contributed by atoms with E-state index in [4.69, 9.17) is 0 Å². The third-order valence-corrected chi connectivity index (χ3v) is 3.99. The molecule has 0 amide bonds. The largest absolute Gasteiger partial charge is 0.371 e. The maximum Gasteiger partial charge on any atom is 0.0366 e. The molecule has 100 valence electrons. The molecular formula is C16H26N2. The first kappa shape index (κ1) is 13.4. The standard InChI is InChI=1S/C16H26N2/c1-3-14-6-8-16(9-7-14)18-12-5-11-17-15(4-2)10-13-18/h6-9,15,17H,3-5,10-13H2,1-2H3. The molecule has 1 heterocycles. The molecule has 0 bridgehead atoms. The van der Waals surface area contributed by atoms with Crippen molar-refractivity contribution in [2.45, 2.75) is 45.6 Å². The summed E-state index contributed by atoms with van der Waals surface area (Å²) in [6, 6.07) is 9.81. The van der Waals surface area contributed by atoms with Crippen LogP contribution < -0.4 is 10.2 Å². The Bertz CT molecular complexity index is 345. The van der Waals surface area contributed by atoms with Gasteiger partial charge in [-0.2, -0.15) is 0 Å². The van der Waals surface area contributed by atoms with E-state index in [0.29, 0.717) is 6.04 Å². The molecule has 1 N–H and O–H groups in total. The molecule has 1 fully saturated rings. The van der Waals surface area contributed by atoms with Crippen LogP contribution in [-0.4, -0.2) is 25.7 Å². The van der Waals surface area contributed by atoms with E-state index < -0.39 is 0 Å². The second-order valence-electron chi connectivity index (χ2n) is 5.21. The highest BCUT2D eigenvalue weighted by Gasteiger charge is 2.13. The SMILES string of the molecule is CCc1ccc(N2CCCNC(CC)CC2)cc1. The Morgan fingerprint density at radius 1 is 1.17 bits per heavy atom. The molecule has 1 aliphatic rings. The van der Waals surface area contributed by atoms with Crippen LogP contribution in [0.4, 0.5) is 5.69 Å². The van der Waals surface area contributed by atoms with E-state index in [-0.39, 0.29) is 0 Å². The van der Waals surface area contributed by atoms with Gasteiger partial charge in [0.05, 0.1) is 0 Å². The maximum absolute atomic E-state index is 3.63. The lowest BCUT2D eigenvalue weighted by Gasteiger charge is -2.30. The van der Waals surface area contributed by atoms with Gasteiger partial charge in [0.25, 0.3) is 0 Å². The van der Waals surface area contributed by atoms with E-state index in [1.165, 1.54) is 43.6 Å². The van der Waals surface area contributed by atoms with Gasteiger partial charge in [-0.1, -0.05) is 26.0 Å². The van der Waals surface area contributed by atoms with Gasteiger partial charge in [-0.05, 0) is 49.9 Å². The molecule has 18 heavy (non-hydrogen) atoms. The first-order valence-electron chi connectivity index (χ1n) is 7.40. The number of rotatable bonds is 3. The van der Waals surface area contributed by atoms with E-state index in [2.05, 4.69) is 48.3 Å². The highest BCUT2D eigenvalue weighted by atomic mass is 15.1. The molecule has 0 spiro atoms. The van der Waals surface area contributed by atoms with Crippen molar-refractivity contribution in [2.75, 3.05) is 24.5 Å². The summed E-state index contributed by atoms with van der Waals surface area (Å²) in [5, 5.41) is 3.63. The third-order valence-electron chi connectivity index (χ3n) is 3.99. The summed E-state index contributed by atoms with van der Waals surface area (Å²) in [5.74, 6) is 0. The van der Waals surface area contributed by atoms with Crippen molar-refractivity contribution < 1.29 is 0 Å². The van der Waals surface area contributed by atoms with Gasteiger partial charge in [-0.25, -0.2) is 0 Å². The van der Waals surface area contributed by atoms with Gasteiger partial charge in [0.2, 0.25) is 0 Å². The highest BCUT2D eigenvalue weighted by molar-refractivity contribution is 5.47. The average molecular weight is 246 g/mol. The highest BCUT2D eigenvalue weighted by Crippen LogP contribution is 2.18. The molecule has 1 aromatic rings. The zero-order valence-corrected chi connectivity index (χ0v) is 11.8.